The van der Waals surface area contributed by atoms with E-state index in [1.54, 1.807) is 14.2 Å². The summed E-state index contributed by atoms with van der Waals surface area (Å²) in [6.45, 7) is 9.84. The molecule has 0 saturated heterocycles. The van der Waals surface area contributed by atoms with E-state index in [1.807, 2.05) is 18.2 Å². The van der Waals surface area contributed by atoms with Crippen LogP contribution >= 0.6 is 0 Å². The summed E-state index contributed by atoms with van der Waals surface area (Å²) in [5, 5.41) is 6.48. The van der Waals surface area contributed by atoms with E-state index in [4.69, 9.17) is 9.47 Å². The molecule has 2 aromatic rings. The van der Waals surface area contributed by atoms with Crippen LogP contribution < -0.4 is 20.1 Å². The van der Waals surface area contributed by atoms with Crippen LogP contribution in [0.25, 0.3) is 0 Å². The number of hydrogen-bond donors (Lipinski definition) is 2. The number of carbonyl (C=O) groups excluding carboxylic acids is 1. The lowest BCUT2D eigenvalue weighted by Gasteiger charge is -2.21. The van der Waals surface area contributed by atoms with Crippen LogP contribution in [-0.2, 0) is 11.3 Å². The minimum atomic E-state index is 0.0143. The van der Waals surface area contributed by atoms with Crippen LogP contribution in [0.1, 0.15) is 62.6 Å². The van der Waals surface area contributed by atoms with Gasteiger partial charge in [0.2, 0.25) is 5.91 Å². The molecule has 0 saturated carbocycles. The van der Waals surface area contributed by atoms with E-state index in [0.717, 1.165) is 5.56 Å². The van der Waals surface area contributed by atoms with Crippen LogP contribution in [0.3, 0.4) is 0 Å². The van der Waals surface area contributed by atoms with Gasteiger partial charge in [-0.2, -0.15) is 0 Å². The lowest BCUT2D eigenvalue weighted by Crippen LogP contribution is -2.25. The second-order valence-electron chi connectivity index (χ2n) is 7.76. The molecule has 0 aliphatic rings. The molecule has 0 aliphatic carbocycles. The highest BCUT2D eigenvalue weighted by molar-refractivity contribution is 5.76. The molecule has 5 nitrogen and oxygen atoms in total. The molecule has 0 spiro atoms. The second-order valence-corrected chi connectivity index (χ2v) is 7.76. The van der Waals surface area contributed by atoms with Gasteiger partial charge in [0.1, 0.15) is 0 Å². The molecule has 29 heavy (non-hydrogen) atoms. The maximum atomic E-state index is 12.3. The Hall–Kier alpha value is -2.69. The van der Waals surface area contributed by atoms with E-state index in [9.17, 15) is 4.79 Å². The number of nitrogens with one attached hydrogen (secondary N) is 2. The molecule has 0 atom stereocenters. The average Bonchev–Trinajstić information content (AvgIpc) is 2.71. The maximum absolute atomic E-state index is 12.3. The third-order valence-electron chi connectivity index (χ3n) is 4.96. The molecule has 0 unspecified atom stereocenters. The fourth-order valence-corrected chi connectivity index (χ4v) is 3.34. The Kier molecular flexibility index (Phi) is 8.37. The maximum Gasteiger partial charge on any atom is 0.222 e. The number of anilines is 1. The zero-order valence-corrected chi connectivity index (χ0v) is 18.5. The van der Waals surface area contributed by atoms with Crippen molar-refractivity contribution in [1.29, 1.82) is 0 Å². The van der Waals surface area contributed by atoms with Crippen LogP contribution in [-0.4, -0.2) is 26.7 Å². The lowest BCUT2D eigenvalue weighted by molar-refractivity contribution is -0.121. The summed E-state index contributed by atoms with van der Waals surface area (Å²) in [6, 6.07) is 12.1. The van der Waals surface area contributed by atoms with Gasteiger partial charge in [0.25, 0.3) is 0 Å². The Morgan fingerprint density at radius 1 is 0.931 bits per heavy atom. The summed E-state index contributed by atoms with van der Waals surface area (Å²) in [5.41, 5.74) is 4.73. The zero-order valence-electron chi connectivity index (χ0n) is 18.5. The fourth-order valence-electron chi connectivity index (χ4n) is 3.34. The molecule has 1 amide bonds. The molecule has 2 N–H and O–H groups in total. The predicted molar refractivity (Wildman–Crippen MR) is 119 cm³/mol. The third-order valence-corrected chi connectivity index (χ3v) is 4.96. The average molecular weight is 399 g/mol. The Balaban J connectivity index is 1.92. The van der Waals surface area contributed by atoms with Gasteiger partial charge in [-0.3, -0.25) is 4.79 Å². The van der Waals surface area contributed by atoms with Crippen molar-refractivity contribution < 1.29 is 14.3 Å². The standard InChI is InChI=1S/C24H34N2O3/c1-16(2)19-8-7-9-20(17(3)4)24(19)25-13-12-23(27)26-15-18-10-11-21(28-5)22(14-18)29-6/h7-11,14,16-17,25H,12-13,15H2,1-6H3,(H,26,27). The van der Waals surface area contributed by atoms with E-state index in [1.165, 1.54) is 16.8 Å². The largest absolute Gasteiger partial charge is 0.493 e. The van der Waals surface area contributed by atoms with Gasteiger partial charge >= 0.3 is 0 Å². The van der Waals surface area contributed by atoms with E-state index in [0.29, 0.717) is 42.8 Å². The van der Waals surface area contributed by atoms with Gasteiger partial charge < -0.3 is 20.1 Å². The number of ether oxygens (including phenoxy) is 2. The highest BCUT2D eigenvalue weighted by Crippen LogP contribution is 2.32. The van der Waals surface area contributed by atoms with E-state index >= 15 is 0 Å². The quantitative estimate of drug-likeness (QED) is 0.587. The number of carbonyl (C=O) groups is 1. The first-order valence-electron chi connectivity index (χ1n) is 10.2. The van der Waals surface area contributed by atoms with Crippen LogP contribution in [0.4, 0.5) is 5.69 Å². The number of amides is 1. The molecule has 0 fully saturated rings. The Morgan fingerprint density at radius 3 is 2.10 bits per heavy atom. The molecular weight excluding hydrogens is 364 g/mol. The Morgan fingerprint density at radius 2 is 1.55 bits per heavy atom. The van der Waals surface area contributed by atoms with E-state index in [-0.39, 0.29) is 5.91 Å². The highest BCUT2D eigenvalue weighted by atomic mass is 16.5. The first-order valence-corrected chi connectivity index (χ1v) is 10.2. The summed E-state index contributed by atoms with van der Waals surface area (Å²) in [5.74, 6) is 2.20. The van der Waals surface area contributed by atoms with Gasteiger partial charge in [0.15, 0.2) is 11.5 Å². The number of para-hydroxylation sites is 1. The fraction of sp³-hybridized carbons (Fsp3) is 0.458. The van der Waals surface area contributed by atoms with Crippen molar-refractivity contribution in [3.63, 3.8) is 0 Å². The summed E-state index contributed by atoms with van der Waals surface area (Å²) in [7, 11) is 3.21. The zero-order chi connectivity index (χ0) is 21.4. The van der Waals surface area contributed by atoms with Crippen LogP contribution in [0.5, 0.6) is 11.5 Å². The SMILES string of the molecule is COc1ccc(CNC(=O)CCNc2c(C(C)C)cccc2C(C)C)cc1OC. The Labute approximate surface area is 174 Å². The summed E-state index contributed by atoms with van der Waals surface area (Å²) in [4.78, 5) is 12.3. The van der Waals surface area contributed by atoms with Crippen molar-refractivity contribution in [1.82, 2.24) is 5.32 Å². The molecule has 0 radical (unpaired) electrons. The molecule has 0 aromatic heterocycles. The van der Waals surface area contributed by atoms with Crippen LogP contribution in [0.2, 0.25) is 0 Å². The van der Waals surface area contributed by atoms with Crippen molar-refractivity contribution in [2.75, 3.05) is 26.1 Å². The molecule has 2 aromatic carbocycles. The van der Waals surface area contributed by atoms with E-state index < -0.39 is 0 Å². The first-order chi connectivity index (χ1) is 13.9. The number of hydrogen-bond acceptors (Lipinski definition) is 4. The van der Waals surface area contributed by atoms with Gasteiger partial charge in [0.05, 0.1) is 14.2 Å². The van der Waals surface area contributed by atoms with Crippen LogP contribution in [0, 0.1) is 0 Å². The third kappa shape index (κ3) is 6.14. The van der Waals surface area contributed by atoms with Crippen molar-refractivity contribution in [3.8, 4) is 11.5 Å². The molecule has 0 aliphatic heterocycles. The summed E-state index contributed by atoms with van der Waals surface area (Å²) >= 11 is 0. The molecule has 0 heterocycles. The minimum absolute atomic E-state index is 0.0143. The highest BCUT2D eigenvalue weighted by Gasteiger charge is 2.14. The number of benzene rings is 2. The van der Waals surface area contributed by atoms with Crippen molar-refractivity contribution in [3.05, 3.63) is 53.1 Å². The topological polar surface area (TPSA) is 59.6 Å². The summed E-state index contributed by atoms with van der Waals surface area (Å²) in [6.07, 6.45) is 0.414. The van der Waals surface area contributed by atoms with Gasteiger partial charge in [-0.15, -0.1) is 0 Å². The van der Waals surface area contributed by atoms with E-state index in [2.05, 4.69) is 56.5 Å². The summed E-state index contributed by atoms with van der Waals surface area (Å²) < 4.78 is 10.6. The number of methoxy groups -OCH3 is 2. The second kappa shape index (κ2) is 10.7. The molecule has 5 heteroatoms. The van der Waals surface area contributed by atoms with Gasteiger partial charge in [-0.1, -0.05) is 52.0 Å². The van der Waals surface area contributed by atoms with Gasteiger partial charge in [-0.05, 0) is 40.7 Å². The minimum Gasteiger partial charge on any atom is -0.493 e. The van der Waals surface area contributed by atoms with Crippen molar-refractivity contribution in [2.24, 2.45) is 0 Å². The molecular formula is C24H34N2O3. The normalized spacial score (nSPS) is 10.9. The molecule has 0 bridgehead atoms. The van der Waals surface area contributed by atoms with Gasteiger partial charge in [-0.25, -0.2) is 0 Å². The van der Waals surface area contributed by atoms with Crippen molar-refractivity contribution in [2.45, 2.75) is 52.5 Å². The lowest BCUT2D eigenvalue weighted by atomic mass is 9.92. The number of rotatable bonds is 10. The monoisotopic (exact) mass is 398 g/mol. The van der Waals surface area contributed by atoms with Crippen molar-refractivity contribution >= 4 is 11.6 Å². The predicted octanol–water partition coefficient (Wildman–Crippen LogP) is 5.07. The van der Waals surface area contributed by atoms with Crippen LogP contribution in [0.15, 0.2) is 36.4 Å². The molecule has 2 rings (SSSR count). The first kappa shape index (κ1) is 22.6. The molecule has 158 valence electrons. The smallest absolute Gasteiger partial charge is 0.222 e. The Bertz CT molecular complexity index is 790. The van der Waals surface area contributed by atoms with Gasteiger partial charge in [0, 0.05) is 25.2 Å².